The Balaban J connectivity index is 1.45. The third-order valence-corrected chi connectivity index (χ3v) is 6.34. The number of carbonyl (C=O) groups excluding carboxylic acids is 1. The summed E-state index contributed by atoms with van der Waals surface area (Å²) in [4.78, 5) is 17.9. The average molecular weight is 417 g/mol. The summed E-state index contributed by atoms with van der Waals surface area (Å²) in [7, 11) is 0. The maximum atomic E-state index is 13.6. The molecule has 2 aromatic carbocycles. The van der Waals surface area contributed by atoms with Crippen LogP contribution in [0.4, 0.5) is 4.39 Å². The number of ether oxygens (including phenoxy) is 1. The zero-order valence-electron chi connectivity index (χ0n) is 16.4. The molecule has 2 saturated heterocycles. The van der Waals surface area contributed by atoms with E-state index in [4.69, 9.17) is 16.3 Å². The molecule has 0 N–H and O–H groups in total. The number of nitrogens with zero attached hydrogens (tertiary/aromatic N) is 2. The van der Waals surface area contributed by atoms with Crippen LogP contribution >= 0.6 is 11.6 Å². The molecule has 154 valence electrons. The van der Waals surface area contributed by atoms with Crippen LogP contribution < -0.4 is 0 Å². The van der Waals surface area contributed by atoms with Gasteiger partial charge in [0.05, 0.1) is 5.41 Å². The van der Waals surface area contributed by atoms with Gasteiger partial charge in [-0.05, 0) is 48.2 Å². The van der Waals surface area contributed by atoms with Gasteiger partial charge in [0.2, 0.25) is 5.91 Å². The number of hydrogen-bond acceptors (Lipinski definition) is 3. The zero-order chi connectivity index (χ0) is 20.3. The molecule has 4 rings (SSSR count). The molecule has 1 amide bonds. The lowest BCUT2D eigenvalue weighted by molar-refractivity contribution is -0.143. The van der Waals surface area contributed by atoms with Gasteiger partial charge in [-0.3, -0.25) is 9.69 Å². The van der Waals surface area contributed by atoms with Crippen molar-refractivity contribution in [3.05, 3.63) is 70.5 Å². The van der Waals surface area contributed by atoms with Gasteiger partial charge in [-0.25, -0.2) is 4.39 Å². The molecular formula is C23H26ClFN2O2. The van der Waals surface area contributed by atoms with Crippen molar-refractivity contribution in [2.24, 2.45) is 0 Å². The van der Waals surface area contributed by atoms with Gasteiger partial charge in [-0.2, -0.15) is 0 Å². The van der Waals surface area contributed by atoms with Crippen molar-refractivity contribution in [1.29, 1.82) is 0 Å². The van der Waals surface area contributed by atoms with E-state index in [-0.39, 0.29) is 11.7 Å². The van der Waals surface area contributed by atoms with Crippen LogP contribution in [0, 0.1) is 5.82 Å². The van der Waals surface area contributed by atoms with Crippen molar-refractivity contribution in [2.75, 3.05) is 39.4 Å². The normalized spacial score (nSPS) is 19.9. The second-order valence-corrected chi connectivity index (χ2v) is 8.34. The maximum absolute atomic E-state index is 13.6. The Hall–Kier alpha value is -1.95. The van der Waals surface area contributed by atoms with E-state index in [1.807, 2.05) is 23.1 Å². The Labute approximate surface area is 176 Å². The van der Waals surface area contributed by atoms with Gasteiger partial charge < -0.3 is 9.64 Å². The first-order valence-electron chi connectivity index (χ1n) is 10.2. The molecular weight excluding hydrogens is 391 g/mol. The van der Waals surface area contributed by atoms with E-state index in [0.29, 0.717) is 39.1 Å². The predicted molar refractivity (Wildman–Crippen MR) is 111 cm³/mol. The standard InChI is InChI=1S/C23H26ClFN2O2/c24-20-3-1-2-18(16-20)17-26-10-12-27(13-11-26)22(28)23(8-14-29-15-9-23)19-4-6-21(25)7-5-19/h1-7,16H,8-15,17H2. The summed E-state index contributed by atoms with van der Waals surface area (Å²) in [6.45, 7) is 4.99. The molecule has 2 aliphatic heterocycles. The van der Waals surface area contributed by atoms with Gasteiger partial charge in [0.15, 0.2) is 0 Å². The fourth-order valence-corrected chi connectivity index (χ4v) is 4.63. The van der Waals surface area contributed by atoms with Crippen molar-refractivity contribution < 1.29 is 13.9 Å². The molecule has 2 fully saturated rings. The monoisotopic (exact) mass is 416 g/mol. The van der Waals surface area contributed by atoms with Crippen molar-refractivity contribution >= 4 is 17.5 Å². The predicted octanol–water partition coefficient (Wildman–Crippen LogP) is 3.87. The van der Waals surface area contributed by atoms with Crippen LogP contribution in [-0.2, 0) is 21.5 Å². The van der Waals surface area contributed by atoms with E-state index in [2.05, 4.69) is 11.0 Å². The first-order valence-corrected chi connectivity index (χ1v) is 10.5. The molecule has 0 radical (unpaired) electrons. The third-order valence-electron chi connectivity index (χ3n) is 6.11. The topological polar surface area (TPSA) is 32.8 Å². The highest BCUT2D eigenvalue weighted by atomic mass is 35.5. The van der Waals surface area contributed by atoms with Gasteiger partial charge in [-0.15, -0.1) is 0 Å². The van der Waals surface area contributed by atoms with E-state index in [1.54, 1.807) is 12.1 Å². The molecule has 0 spiro atoms. The van der Waals surface area contributed by atoms with Crippen LogP contribution in [0.15, 0.2) is 48.5 Å². The minimum absolute atomic E-state index is 0.148. The smallest absolute Gasteiger partial charge is 0.233 e. The van der Waals surface area contributed by atoms with Crippen LogP contribution in [0.25, 0.3) is 0 Å². The molecule has 6 heteroatoms. The number of rotatable bonds is 4. The van der Waals surface area contributed by atoms with Crippen LogP contribution in [0.5, 0.6) is 0 Å². The number of benzene rings is 2. The lowest BCUT2D eigenvalue weighted by Crippen LogP contribution is -2.55. The van der Waals surface area contributed by atoms with Crippen molar-refractivity contribution in [1.82, 2.24) is 9.80 Å². The molecule has 0 aliphatic carbocycles. The third kappa shape index (κ3) is 4.47. The number of carbonyl (C=O) groups is 1. The summed E-state index contributed by atoms with van der Waals surface area (Å²) in [5.74, 6) is -0.132. The molecule has 0 bridgehead atoms. The first-order chi connectivity index (χ1) is 14.1. The Morgan fingerprint density at radius 2 is 1.72 bits per heavy atom. The van der Waals surface area contributed by atoms with Gasteiger partial charge in [0.1, 0.15) is 5.82 Å². The van der Waals surface area contributed by atoms with E-state index in [9.17, 15) is 9.18 Å². The molecule has 0 unspecified atom stereocenters. The molecule has 0 saturated carbocycles. The molecule has 2 heterocycles. The Morgan fingerprint density at radius 3 is 2.38 bits per heavy atom. The lowest BCUT2D eigenvalue weighted by atomic mass is 9.73. The highest BCUT2D eigenvalue weighted by Gasteiger charge is 2.44. The average Bonchev–Trinajstić information content (AvgIpc) is 2.75. The number of piperazine rings is 1. The fourth-order valence-electron chi connectivity index (χ4n) is 4.42. The van der Waals surface area contributed by atoms with Crippen LogP contribution in [0.2, 0.25) is 5.02 Å². The Morgan fingerprint density at radius 1 is 1.03 bits per heavy atom. The summed E-state index contributed by atoms with van der Waals surface area (Å²) in [6, 6.07) is 14.3. The number of amides is 1. The molecule has 0 atom stereocenters. The SMILES string of the molecule is O=C(N1CCN(Cc2cccc(Cl)c2)CC1)C1(c2ccc(F)cc2)CCOCC1. The molecule has 2 aromatic rings. The molecule has 4 nitrogen and oxygen atoms in total. The molecule has 29 heavy (non-hydrogen) atoms. The summed E-state index contributed by atoms with van der Waals surface area (Å²) >= 11 is 6.09. The van der Waals surface area contributed by atoms with E-state index >= 15 is 0 Å². The molecule has 0 aromatic heterocycles. The summed E-state index contributed by atoms with van der Waals surface area (Å²) in [6.07, 6.45) is 1.28. The highest BCUT2D eigenvalue weighted by molar-refractivity contribution is 6.30. The minimum atomic E-state index is -0.610. The van der Waals surface area contributed by atoms with E-state index in [0.717, 1.165) is 30.2 Å². The maximum Gasteiger partial charge on any atom is 0.233 e. The van der Waals surface area contributed by atoms with Crippen LogP contribution in [0.1, 0.15) is 24.0 Å². The summed E-state index contributed by atoms with van der Waals surface area (Å²) in [5, 5.41) is 0.747. The van der Waals surface area contributed by atoms with E-state index < -0.39 is 5.41 Å². The number of halogens is 2. The largest absolute Gasteiger partial charge is 0.381 e. The lowest BCUT2D eigenvalue weighted by Gasteiger charge is -2.43. The van der Waals surface area contributed by atoms with Gasteiger partial charge >= 0.3 is 0 Å². The van der Waals surface area contributed by atoms with Crippen molar-refractivity contribution in [3.8, 4) is 0 Å². The van der Waals surface area contributed by atoms with Crippen molar-refractivity contribution in [2.45, 2.75) is 24.8 Å². The summed E-state index contributed by atoms with van der Waals surface area (Å²) < 4.78 is 19.0. The Kier molecular flexibility index (Phi) is 6.18. The van der Waals surface area contributed by atoms with Crippen LogP contribution in [-0.4, -0.2) is 55.1 Å². The highest BCUT2D eigenvalue weighted by Crippen LogP contribution is 2.37. The second-order valence-electron chi connectivity index (χ2n) is 7.90. The van der Waals surface area contributed by atoms with Crippen molar-refractivity contribution in [3.63, 3.8) is 0 Å². The summed E-state index contributed by atoms with van der Waals surface area (Å²) in [5.41, 5.74) is 1.47. The second kappa shape index (κ2) is 8.82. The van der Waals surface area contributed by atoms with Gasteiger partial charge in [-0.1, -0.05) is 35.9 Å². The van der Waals surface area contributed by atoms with Crippen LogP contribution in [0.3, 0.4) is 0 Å². The Bertz CT molecular complexity index is 844. The van der Waals surface area contributed by atoms with Gasteiger partial charge in [0, 0.05) is 51.0 Å². The fraction of sp³-hybridized carbons (Fsp3) is 0.435. The quantitative estimate of drug-likeness (QED) is 0.758. The minimum Gasteiger partial charge on any atom is -0.381 e. The van der Waals surface area contributed by atoms with E-state index in [1.165, 1.54) is 17.7 Å². The molecule has 2 aliphatic rings. The zero-order valence-corrected chi connectivity index (χ0v) is 17.2. The number of hydrogen-bond donors (Lipinski definition) is 0. The van der Waals surface area contributed by atoms with Gasteiger partial charge in [0.25, 0.3) is 0 Å². The first kappa shape index (κ1) is 20.3.